The average molecular weight is 209 g/mol. The predicted octanol–water partition coefficient (Wildman–Crippen LogP) is 1.81. The van der Waals surface area contributed by atoms with Crippen LogP contribution in [0, 0.1) is 5.82 Å². The molecule has 1 aromatic rings. The van der Waals surface area contributed by atoms with Crippen LogP contribution in [0.5, 0.6) is 0 Å². The molecule has 15 heavy (non-hydrogen) atoms. The van der Waals surface area contributed by atoms with Gasteiger partial charge in [0.15, 0.2) is 0 Å². The van der Waals surface area contributed by atoms with Gasteiger partial charge in [-0.1, -0.05) is 18.2 Å². The Morgan fingerprint density at radius 3 is 2.53 bits per heavy atom. The zero-order valence-electron chi connectivity index (χ0n) is 8.69. The topological polar surface area (TPSA) is 23.5 Å². The highest BCUT2D eigenvalue weighted by Gasteiger charge is 2.03. The van der Waals surface area contributed by atoms with Crippen molar-refractivity contribution in [2.45, 2.75) is 6.54 Å². The van der Waals surface area contributed by atoms with Gasteiger partial charge in [-0.3, -0.25) is 4.90 Å². The first-order valence-electron chi connectivity index (χ1n) is 4.95. The summed E-state index contributed by atoms with van der Waals surface area (Å²) in [5, 5.41) is 8.85. The summed E-state index contributed by atoms with van der Waals surface area (Å²) in [5.41, 5.74) is 1.03. The van der Waals surface area contributed by atoms with Crippen LogP contribution >= 0.6 is 0 Å². The Hall–Kier alpha value is -1.19. The molecule has 2 nitrogen and oxygen atoms in total. The number of hydrogen-bond donors (Lipinski definition) is 1. The third-order valence-corrected chi connectivity index (χ3v) is 2.12. The van der Waals surface area contributed by atoms with Gasteiger partial charge in [-0.2, -0.15) is 0 Å². The summed E-state index contributed by atoms with van der Waals surface area (Å²) in [6.45, 7) is 5.80. The van der Waals surface area contributed by atoms with E-state index in [0.717, 1.165) is 12.1 Å². The molecule has 0 fully saturated rings. The lowest BCUT2D eigenvalue weighted by Crippen LogP contribution is -2.26. The highest BCUT2D eigenvalue weighted by atomic mass is 19.1. The fourth-order valence-electron chi connectivity index (χ4n) is 1.41. The number of benzene rings is 1. The number of nitrogens with zero attached hydrogens (tertiary/aromatic N) is 1. The lowest BCUT2D eigenvalue weighted by atomic mass is 10.2. The smallest absolute Gasteiger partial charge is 0.123 e. The number of aliphatic hydroxyl groups excluding tert-OH is 1. The minimum absolute atomic E-state index is 0.120. The molecule has 0 aliphatic heterocycles. The number of hydrogen-bond acceptors (Lipinski definition) is 2. The van der Waals surface area contributed by atoms with Crippen molar-refractivity contribution in [1.29, 1.82) is 0 Å². The molecule has 0 bridgehead atoms. The molecule has 3 heteroatoms. The van der Waals surface area contributed by atoms with Gasteiger partial charge < -0.3 is 5.11 Å². The molecule has 0 atom stereocenters. The van der Waals surface area contributed by atoms with Gasteiger partial charge in [0.05, 0.1) is 6.61 Å². The van der Waals surface area contributed by atoms with Gasteiger partial charge in [0.1, 0.15) is 5.82 Å². The van der Waals surface area contributed by atoms with Crippen LogP contribution in [0.3, 0.4) is 0 Å². The molecule has 0 heterocycles. The zero-order chi connectivity index (χ0) is 11.1. The van der Waals surface area contributed by atoms with Gasteiger partial charge in [-0.15, -0.1) is 6.58 Å². The third-order valence-electron chi connectivity index (χ3n) is 2.12. The van der Waals surface area contributed by atoms with Crippen LogP contribution in [0.2, 0.25) is 0 Å². The van der Waals surface area contributed by atoms with Crippen LogP contribution in [0.1, 0.15) is 5.56 Å². The van der Waals surface area contributed by atoms with E-state index < -0.39 is 0 Å². The summed E-state index contributed by atoms with van der Waals surface area (Å²) in [7, 11) is 0. The Labute approximate surface area is 89.7 Å². The van der Waals surface area contributed by atoms with Crippen molar-refractivity contribution < 1.29 is 9.50 Å². The van der Waals surface area contributed by atoms with Crippen molar-refractivity contribution in [3.8, 4) is 0 Å². The fourth-order valence-corrected chi connectivity index (χ4v) is 1.41. The average Bonchev–Trinajstić information content (AvgIpc) is 2.22. The maximum absolute atomic E-state index is 12.7. The van der Waals surface area contributed by atoms with E-state index in [1.807, 2.05) is 4.90 Å². The van der Waals surface area contributed by atoms with E-state index in [9.17, 15) is 4.39 Å². The lowest BCUT2D eigenvalue weighted by molar-refractivity contribution is 0.203. The predicted molar refractivity (Wildman–Crippen MR) is 59.0 cm³/mol. The van der Waals surface area contributed by atoms with E-state index in [-0.39, 0.29) is 12.4 Å². The van der Waals surface area contributed by atoms with E-state index >= 15 is 0 Å². The summed E-state index contributed by atoms with van der Waals surface area (Å²) < 4.78 is 12.7. The first-order chi connectivity index (χ1) is 7.26. The summed E-state index contributed by atoms with van der Waals surface area (Å²) in [5.74, 6) is -0.226. The Morgan fingerprint density at radius 1 is 1.33 bits per heavy atom. The first kappa shape index (κ1) is 11.9. The Morgan fingerprint density at radius 2 is 2.00 bits per heavy atom. The molecule has 1 aromatic carbocycles. The summed E-state index contributed by atoms with van der Waals surface area (Å²) in [4.78, 5) is 2.04. The summed E-state index contributed by atoms with van der Waals surface area (Å²) in [6.07, 6.45) is 1.79. The molecule has 0 aliphatic carbocycles. The number of halogens is 1. The van der Waals surface area contributed by atoms with E-state index in [0.29, 0.717) is 13.1 Å². The molecule has 0 spiro atoms. The van der Waals surface area contributed by atoms with E-state index in [4.69, 9.17) is 5.11 Å². The van der Waals surface area contributed by atoms with Crippen LogP contribution in [0.25, 0.3) is 0 Å². The van der Waals surface area contributed by atoms with Gasteiger partial charge >= 0.3 is 0 Å². The van der Waals surface area contributed by atoms with Gasteiger partial charge in [-0.05, 0) is 17.7 Å². The monoisotopic (exact) mass is 209 g/mol. The minimum Gasteiger partial charge on any atom is -0.395 e. The van der Waals surface area contributed by atoms with Crippen molar-refractivity contribution >= 4 is 0 Å². The summed E-state index contributed by atoms with van der Waals surface area (Å²) >= 11 is 0. The maximum Gasteiger partial charge on any atom is 0.123 e. The van der Waals surface area contributed by atoms with E-state index in [1.54, 1.807) is 18.2 Å². The Kier molecular flexibility index (Phi) is 5.01. The van der Waals surface area contributed by atoms with Gasteiger partial charge in [-0.25, -0.2) is 4.39 Å². The molecule has 0 aliphatic rings. The van der Waals surface area contributed by atoms with Crippen LogP contribution in [-0.2, 0) is 6.54 Å². The van der Waals surface area contributed by atoms with E-state index in [2.05, 4.69) is 6.58 Å². The molecule has 0 aromatic heterocycles. The van der Waals surface area contributed by atoms with Crippen molar-refractivity contribution in [2.75, 3.05) is 19.7 Å². The van der Waals surface area contributed by atoms with Gasteiger partial charge in [0, 0.05) is 19.6 Å². The quantitative estimate of drug-likeness (QED) is 0.722. The molecule has 0 saturated heterocycles. The largest absolute Gasteiger partial charge is 0.395 e. The normalized spacial score (nSPS) is 10.6. The maximum atomic E-state index is 12.7. The number of rotatable bonds is 6. The van der Waals surface area contributed by atoms with Crippen molar-refractivity contribution in [3.63, 3.8) is 0 Å². The molecule has 0 amide bonds. The Balaban J connectivity index is 2.56. The number of aliphatic hydroxyl groups is 1. The second-order valence-corrected chi connectivity index (χ2v) is 3.37. The molecule has 0 radical (unpaired) electrons. The van der Waals surface area contributed by atoms with Crippen molar-refractivity contribution in [1.82, 2.24) is 4.90 Å². The Bertz CT molecular complexity index is 297. The van der Waals surface area contributed by atoms with Crippen LogP contribution in [-0.4, -0.2) is 29.7 Å². The van der Waals surface area contributed by atoms with Crippen LogP contribution < -0.4 is 0 Å². The molecule has 0 saturated carbocycles. The molecule has 82 valence electrons. The van der Waals surface area contributed by atoms with Crippen molar-refractivity contribution in [2.24, 2.45) is 0 Å². The zero-order valence-corrected chi connectivity index (χ0v) is 8.69. The minimum atomic E-state index is -0.226. The molecular weight excluding hydrogens is 193 g/mol. The second kappa shape index (κ2) is 6.32. The third kappa shape index (κ3) is 4.23. The standard InChI is InChI=1S/C12H16FNO/c1-2-7-14(8-9-15)10-11-3-5-12(13)6-4-11/h2-6,15H,1,7-10H2. The SMILES string of the molecule is C=CCN(CCO)Cc1ccc(F)cc1. The molecule has 1 N–H and O–H groups in total. The molecular formula is C12H16FNO. The highest BCUT2D eigenvalue weighted by Crippen LogP contribution is 2.06. The first-order valence-corrected chi connectivity index (χ1v) is 4.95. The fraction of sp³-hybridized carbons (Fsp3) is 0.333. The molecule has 1 rings (SSSR count). The van der Waals surface area contributed by atoms with Crippen LogP contribution in [0.4, 0.5) is 4.39 Å². The second-order valence-electron chi connectivity index (χ2n) is 3.37. The highest BCUT2D eigenvalue weighted by molar-refractivity contribution is 5.15. The lowest BCUT2D eigenvalue weighted by Gasteiger charge is -2.19. The van der Waals surface area contributed by atoms with Gasteiger partial charge in [0.2, 0.25) is 0 Å². The van der Waals surface area contributed by atoms with Crippen LogP contribution in [0.15, 0.2) is 36.9 Å². The molecule has 0 unspecified atom stereocenters. The summed E-state index contributed by atoms with van der Waals surface area (Å²) in [6, 6.07) is 6.40. The van der Waals surface area contributed by atoms with Crippen molar-refractivity contribution in [3.05, 3.63) is 48.3 Å². The van der Waals surface area contributed by atoms with Gasteiger partial charge in [0.25, 0.3) is 0 Å². The van der Waals surface area contributed by atoms with E-state index in [1.165, 1.54) is 12.1 Å².